The third-order valence-electron chi connectivity index (χ3n) is 2.73. The molecule has 0 amide bonds. The molecule has 0 aliphatic heterocycles. The Bertz CT molecular complexity index is 234. The number of esters is 1. The number of hydrogen-bond acceptors (Lipinski definition) is 4. The molecule has 1 fully saturated rings. The summed E-state index contributed by atoms with van der Waals surface area (Å²) in [5, 5.41) is 8.79. The van der Waals surface area contributed by atoms with Crippen LogP contribution in [0.15, 0.2) is 0 Å². The van der Waals surface area contributed by atoms with E-state index >= 15 is 0 Å². The Kier molecular flexibility index (Phi) is 4.94. The van der Waals surface area contributed by atoms with Crippen molar-refractivity contribution in [3.05, 3.63) is 0 Å². The van der Waals surface area contributed by atoms with Crippen LogP contribution >= 0.6 is 11.8 Å². The SMILES string of the molecule is CSCOC(=O)C1CCC(C(=O)O)CC1. The number of aliphatic carboxylic acids is 1. The number of hydrogen-bond donors (Lipinski definition) is 1. The van der Waals surface area contributed by atoms with E-state index in [1.165, 1.54) is 11.8 Å². The molecule has 1 N–H and O–H groups in total. The van der Waals surface area contributed by atoms with Gasteiger partial charge in [-0.05, 0) is 31.9 Å². The number of carbonyl (C=O) groups excluding carboxylic acids is 1. The molecule has 5 heteroatoms. The Morgan fingerprint density at radius 1 is 1.27 bits per heavy atom. The first-order valence-electron chi connectivity index (χ1n) is 5.03. The molecule has 86 valence electrons. The number of carbonyl (C=O) groups is 2. The molecule has 4 nitrogen and oxygen atoms in total. The van der Waals surface area contributed by atoms with E-state index in [-0.39, 0.29) is 17.8 Å². The Labute approximate surface area is 93.4 Å². The molecular formula is C10H16O4S. The molecule has 0 unspecified atom stereocenters. The Balaban J connectivity index is 2.30. The molecule has 1 aliphatic carbocycles. The predicted octanol–water partition coefficient (Wildman–Crippen LogP) is 1.74. The fourth-order valence-corrected chi connectivity index (χ4v) is 2.04. The first-order valence-corrected chi connectivity index (χ1v) is 6.43. The number of ether oxygens (including phenoxy) is 1. The molecule has 1 aliphatic rings. The lowest BCUT2D eigenvalue weighted by molar-refractivity contribution is -0.150. The van der Waals surface area contributed by atoms with Crippen molar-refractivity contribution >= 4 is 23.7 Å². The van der Waals surface area contributed by atoms with Gasteiger partial charge in [-0.2, -0.15) is 0 Å². The maximum Gasteiger partial charge on any atom is 0.309 e. The van der Waals surface area contributed by atoms with Gasteiger partial charge in [0.05, 0.1) is 11.8 Å². The van der Waals surface area contributed by atoms with Gasteiger partial charge in [0.15, 0.2) is 0 Å². The summed E-state index contributed by atoms with van der Waals surface area (Å²) in [6, 6.07) is 0. The maximum absolute atomic E-state index is 11.5. The van der Waals surface area contributed by atoms with E-state index < -0.39 is 5.97 Å². The van der Waals surface area contributed by atoms with Crippen LogP contribution in [-0.2, 0) is 14.3 Å². The fraction of sp³-hybridized carbons (Fsp3) is 0.800. The van der Waals surface area contributed by atoms with Gasteiger partial charge in [-0.3, -0.25) is 9.59 Å². The molecule has 0 bridgehead atoms. The van der Waals surface area contributed by atoms with Crippen molar-refractivity contribution in [1.29, 1.82) is 0 Å². The second kappa shape index (κ2) is 6.00. The van der Waals surface area contributed by atoms with Crippen LogP contribution in [0.3, 0.4) is 0 Å². The van der Waals surface area contributed by atoms with Gasteiger partial charge in [-0.1, -0.05) is 0 Å². The Morgan fingerprint density at radius 3 is 2.27 bits per heavy atom. The van der Waals surface area contributed by atoms with Crippen LogP contribution in [0.4, 0.5) is 0 Å². The summed E-state index contributed by atoms with van der Waals surface area (Å²) in [6.45, 7) is 0. The van der Waals surface area contributed by atoms with Crippen molar-refractivity contribution < 1.29 is 19.4 Å². The van der Waals surface area contributed by atoms with Crippen LogP contribution < -0.4 is 0 Å². The van der Waals surface area contributed by atoms with Crippen molar-refractivity contribution in [3.8, 4) is 0 Å². The summed E-state index contributed by atoms with van der Waals surface area (Å²) in [7, 11) is 0. The van der Waals surface area contributed by atoms with E-state index in [4.69, 9.17) is 9.84 Å². The minimum absolute atomic E-state index is 0.0900. The standard InChI is InChI=1S/C10H16O4S/c1-15-6-14-10(13)8-4-2-7(3-5-8)9(11)12/h7-8H,2-6H2,1H3,(H,11,12). The first kappa shape index (κ1) is 12.4. The van der Waals surface area contributed by atoms with Gasteiger partial charge >= 0.3 is 11.9 Å². The highest BCUT2D eigenvalue weighted by atomic mass is 32.2. The summed E-state index contributed by atoms with van der Waals surface area (Å²) in [5.74, 6) is -0.890. The Hall–Kier alpha value is -0.710. The number of carboxylic acids is 1. The molecule has 0 saturated heterocycles. The molecule has 0 heterocycles. The van der Waals surface area contributed by atoms with Crippen molar-refractivity contribution in [2.75, 3.05) is 12.2 Å². The topological polar surface area (TPSA) is 63.6 Å². The summed E-state index contributed by atoms with van der Waals surface area (Å²) < 4.78 is 5.00. The third-order valence-corrected chi connectivity index (χ3v) is 3.08. The van der Waals surface area contributed by atoms with Crippen LogP contribution in [0.2, 0.25) is 0 Å². The van der Waals surface area contributed by atoms with E-state index in [0.29, 0.717) is 31.6 Å². The number of thioether (sulfide) groups is 1. The molecule has 1 rings (SSSR count). The highest BCUT2D eigenvalue weighted by Crippen LogP contribution is 2.29. The molecule has 0 aromatic rings. The van der Waals surface area contributed by atoms with Crippen LogP contribution in [-0.4, -0.2) is 29.2 Å². The second-order valence-corrected chi connectivity index (χ2v) is 4.57. The van der Waals surface area contributed by atoms with Gasteiger partial charge in [0, 0.05) is 0 Å². The highest BCUT2D eigenvalue weighted by Gasteiger charge is 2.30. The third kappa shape index (κ3) is 3.74. The summed E-state index contributed by atoms with van der Waals surface area (Å²) >= 11 is 1.46. The van der Waals surface area contributed by atoms with E-state index in [1.54, 1.807) is 0 Å². The van der Waals surface area contributed by atoms with Gasteiger partial charge in [0.25, 0.3) is 0 Å². The molecular weight excluding hydrogens is 216 g/mol. The van der Waals surface area contributed by atoms with Crippen LogP contribution in [0.5, 0.6) is 0 Å². The number of carboxylic acid groups (broad SMARTS) is 1. The van der Waals surface area contributed by atoms with E-state index in [0.717, 1.165) is 0 Å². The zero-order valence-corrected chi connectivity index (χ0v) is 9.59. The smallest absolute Gasteiger partial charge is 0.309 e. The van der Waals surface area contributed by atoms with E-state index in [9.17, 15) is 9.59 Å². The lowest BCUT2D eigenvalue weighted by atomic mass is 9.82. The lowest BCUT2D eigenvalue weighted by Gasteiger charge is -2.24. The lowest BCUT2D eigenvalue weighted by Crippen LogP contribution is -2.27. The minimum atomic E-state index is -0.745. The molecule has 15 heavy (non-hydrogen) atoms. The predicted molar refractivity (Wildman–Crippen MR) is 57.6 cm³/mol. The molecule has 0 aromatic carbocycles. The largest absolute Gasteiger partial charge is 0.481 e. The van der Waals surface area contributed by atoms with Crippen LogP contribution in [0, 0.1) is 11.8 Å². The molecule has 0 spiro atoms. The van der Waals surface area contributed by atoms with Crippen LogP contribution in [0.1, 0.15) is 25.7 Å². The zero-order valence-electron chi connectivity index (χ0n) is 8.77. The summed E-state index contributed by atoms with van der Waals surface area (Å²) in [4.78, 5) is 22.1. The van der Waals surface area contributed by atoms with Gasteiger partial charge < -0.3 is 9.84 Å². The Morgan fingerprint density at radius 2 is 1.80 bits per heavy atom. The first-order chi connectivity index (χ1) is 7.15. The van der Waals surface area contributed by atoms with E-state index in [2.05, 4.69) is 0 Å². The summed E-state index contributed by atoms with van der Waals surface area (Å²) in [6.07, 6.45) is 4.34. The van der Waals surface area contributed by atoms with Gasteiger partial charge in [0.1, 0.15) is 5.94 Å². The highest BCUT2D eigenvalue weighted by molar-refractivity contribution is 7.98. The monoisotopic (exact) mass is 232 g/mol. The van der Waals surface area contributed by atoms with Crippen molar-refractivity contribution in [1.82, 2.24) is 0 Å². The molecule has 0 aromatic heterocycles. The average Bonchev–Trinajstić information content (AvgIpc) is 2.26. The molecule has 1 saturated carbocycles. The minimum Gasteiger partial charge on any atom is -0.481 e. The zero-order chi connectivity index (χ0) is 11.3. The van der Waals surface area contributed by atoms with Crippen molar-refractivity contribution in [3.63, 3.8) is 0 Å². The maximum atomic E-state index is 11.5. The van der Waals surface area contributed by atoms with Crippen LogP contribution in [0.25, 0.3) is 0 Å². The van der Waals surface area contributed by atoms with Gasteiger partial charge in [0.2, 0.25) is 0 Å². The normalized spacial score (nSPS) is 25.9. The quantitative estimate of drug-likeness (QED) is 0.591. The fourth-order valence-electron chi connectivity index (χ4n) is 1.81. The van der Waals surface area contributed by atoms with E-state index in [1.807, 2.05) is 6.26 Å². The second-order valence-electron chi connectivity index (χ2n) is 3.76. The molecule has 0 radical (unpaired) electrons. The van der Waals surface area contributed by atoms with Crippen molar-refractivity contribution in [2.45, 2.75) is 25.7 Å². The number of rotatable bonds is 4. The van der Waals surface area contributed by atoms with Crippen molar-refractivity contribution in [2.24, 2.45) is 11.8 Å². The van der Waals surface area contributed by atoms with Gasteiger partial charge in [-0.15, -0.1) is 11.8 Å². The summed E-state index contributed by atoms with van der Waals surface area (Å²) in [5.41, 5.74) is 0. The average molecular weight is 232 g/mol. The van der Waals surface area contributed by atoms with Gasteiger partial charge in [-0.25, -0.2) is 0 Å². The molecule has 0 atom stereocenters.